The van der Waals surface area contributed by atoms with Gasteiger partial charge < -0.3 is 5.73 Å². The van der Waals surface area contributed by atoms with E-state index in [2.05, 4.69) is 4.98 Å². The highest BCUT2D eigenvalue weighted by Crippen LogP contribution is 2.24. The van der Waals surface area contributed by atoms with Gasteiger partial charge in [-0.25, -0.2) is 4.98 Å². The highest BCUT2D eigenvalue weighted by atomic mass is 32.1. The number of carbonyl (C=O) groups excluding carboxylic acids is 2. The van der Waals surface area contributed by atoms with Gasteiger partial charge in [-0.15, -0.1) is 11.3 Å². The molecule has 1 aliphatic rings. The van der Waals surface area contributed by atoms with Gasteiger partial charge in [-0.3, -0.25) is 14.5 Å². The third kappa shape index (κ3) is 1.58. The van der Waals surface area contributed by atoms with Crippen LogP contribution in [0.15, 0.2) is 29.6 Å². The molecule has 0 unspecified atom stereocenters. The number of nitrogen functional groups attached to an aromatic ring is 1. The number of benzene rings is 1. The lowest BCUT2D eigenvalue weighted by Gasteiger charge is -2.11. The number of aromatic nitrogens is 1. The fraction of sp³-hybridized carbons (Fsp3) is 0.0833. The van der Waals surface area contributed by atoms with E-state index in [0.29, 0.717) is 22.0 Å². The van der Waals surface area contributed by atoms with E-state index in [4.69, 9.17) is 5.73 Å². The van der Waals surface area contributed by atoms with Crippen LogP contribution in [0.25, 0.3) is 0 Å². The SMILES string of the molecule is Nc1nc(CN2C(=O)c3ccccc3C2=O)cs1. The second kappa shape index (κ2) is 3.92. The summed E-state index contributed by atoms with van der Waals surface area (Å²) in [4.78, 5) is 29.4. The topological polar surface area (TPSA) is 76.3 Å². The molecule has 1 aromatic heterocycles. The smallest absolute Gasteiger partial charge is 0.261 e. The Kier molecular flexibility index (Phi) is 2.38. The summed E-state index contributed by atoms with van der Waals surface area (Å²) in [7, 11) is 0. The maximum Gasteiger partial charge on any atom is 0.261 e. The highest BCUT2D eigenvalue weighted by Gasteiger charge is 2.35. The minimum absolute atomic E-state index is 0.167. The first-order chi connectivity index (χ1) is 8.66. The maximum atomic E-state index is 12.1. The molecule has 2 N–H and O–H groups in total. The van der Waals surface area contributed by atoms with Gasteiger partial charge in [0.1, 0.15) is 0 Å². The molecule has 2 heterocycles. The predicted octanol–water partition coefficient (Wildman–Crippen LogP) is 1.52. The fourth-order valence-corrected chi connectivity index (χ4v) is 2.49. The summed E-state index contributed by atoms with van der Waals surface area (Å²) in [6, 6.07) is 6.80. The first-order valence-corrected chi connectivity index (χ1v) is 6.20. The normalized spacial score (nSPS) is 14.1. The standard InChI is InChI=1S/C12H9N3O2S/c13-12-14-7(6-18-12)5-15-10(16)8-3-1-2-4-9(8)11(15)17/h1-4,6H,5H2,(H2,13,14). The zero-order valence-corrected chi connectivity index (χ0v) is 10.1. The van der Waals surface area contributed by atoms with Gasteiger partial charge >= 0.3 is 0 Å². The molecular weight excluding hydrogens is 250 g/mol. The summed E-state index contributed by atoms with van der Waals surface area (Å²) in [5.41, 5.74) is 7.06. The Bertz CT molecular complexity index is 615. The molecule has 2 amide bonds. The summed E-state index contributed by atoms with van der Waals surface area (Å²) in [6.07, 6.45) is 0. The Balaban J connectivity index is 1.92. The van der Waals surface area contributed by atoms with Crippen LogP contribution in [0.3, 0.4) is 0 Å². The van der Waals surface area contributed by atoms with Gasteiger partial charge in [0, 0.05) is 5.38 Å². The average molecular weight is 259 g/mol. The van der Waals surface area contributed by atoms with Gasteiger partial charge in [0.2, 0.25) is 0 Å². The van der Waals surface area contributed by atoms with Crippen LogP contribution in [0.4, 0.5) is 5.13 Å². The first kappa shape index (κ1) is 10.9. The molecule has 0 saturated carbocycles. The van der Waals surface area contributed by atoms with Gasteiger partial charge in [-0.2, -0.15) is 0 Å². The van der Waals surface area contributed by atoms with Crippen molar-refractivity contribution in [1.29, 1.82) is 0 Å². The largest absolute Gasteiger partial charge is 0.375 e. The van der Waals surface area contributed by atoms with Crippen LogP contribution in [0.2, 0.25) is 0 Å². The number of thiazole rings is 1. The Hall–Kier alpha value is -2.21. The van der Waals surface area contributed by atoms with Crippen molar-refractivity contribution < 1.29 is 9.59 Å². The maximum absolute atomic E-state index is 12.1. The average Bonchev–Trinajstić information content (AvgIpc) is 2.88. The molecule has 0 saturated heterocycles. The van der Waals surface area contributed by atoms with Crippen LogP contribution in [-0.2, 0) is 6.54 Å². The number of amides is 2. The number of hydrogen-bond donors (Lipinski definition) is 1. The number of nitrogens with zero attached hydrogens (tertiary/aromatic N) is 2. The van der Waals surface area contributed by atoms with Crippen molar-refractivity contribution in [2.45, 2.75) is 6.54 Å². The van der Waals surface area contributed by atoms with Gasteiger partial charge in [-0.05, 0) is 12.1 Å². The highest BCUT2D eigenvalue weighted by molar-refractivity contribution is 7.13. The van der Waals surface area contributed by atoms with Crippen molar-refractivity contribution in [3.63, 3.8) is 0 Å². The van der Waals surface area contributed by atoms with E-state index < -0.39 is 0 Å². The molecule has 1 aromatic carbocycles. The Morgan fingerprint density at radius 1 is 1.17 bits per heavy atom. The molecule has 0 spiro atoms. The molecule has 1 aliphatic heterocycles. The van der Waals surface area contributed by atoms with E-state index in [1.165, 1.54) is 16.2 Å². The molecular formula is C12H9N3O2S. The van der Waals surface area contributed by atoms with E-state index in [1.54, 1.807) is 29.6 Å². The fourth-order valence-electron chi connectivity index (χ4n) is 1.94. The summed E-state index contributed by atoms with van der Waals surface area (Å²) < 4.78 is 0. The first-order valence-electron chi connectivity index (χ1n) is 5.32. The molecule has 0 aliphatic carbocycles. The van der Waals surface area contributed by atoms with Crippen LogP contribution in [-0.4, -0.2) is 21.7 Å². The third-order valence-electron chi connectivity index (χ3n) is 2.77. The van der Waals surface area contributed by atoms with Gasteiger partial charge in [0.25, 0.3) is 11.8 Å². The molecule has 5 nitrogen and oxygen atoms in total. The molecule has 18 heavy (non-hydrogen) atoms. The zero-order chi connectivity index (χ0) is 12.7. The van der Waals surface area contributed by atoms with E-state index in [9.17, 15) is 9.59 Å². The van der Waals surface area contributed by atoms with Crippen LogP contribution in [0.1, 0.15) is 26.4 Å². The number of anilines is 1. The number of rotatable bonds is 2. The number of carbonyl (C=O) groups is 2. The minimum atomic E-state index is -0.276. The lowest BCUT2D eigenvalue weighted by Crippen LogP contribution is -2.29. The molecule has 3 rings (SSSR count). The summed E-state index contributed by atoms with van der Waals surface area (Å²) in [5.74, 6) is -0.552. The summed E-state index contributed by atoms with van der Waals surface area (Å²) >= 11 is 1.29. The monoisotopic (exact) mass is 259 g/mol. The molecule has 0 fully saturated rings. The van der Waals surface area contributed by atoms with E-state index >= 15 is 0 Å². The van der Waals surface area contributed by atoms with Crippen molar-refractivity contribution >= 4 is 28.3 Å². The van der Waals surface area contributed by atoms with Crippen LogP contribution in [0, 0.1) is 0 Å². The summed E-state index contributed by atoms with van der Waals surface area (Å²) in [5, 5.41) is 2.18. The quantitative estimate of drug-likeness (QED) is 0.830. The van der Waals surface area contributed by atoms with E-state index in [-0.39, 0.29) is 18.4 Å². The second-order valence-electron chi connectivity index (χ2n) is 3.92. The molecule has 0 atom stereocenters. The van der Waals surface area contributed by atoms with Crippen LogP contribution in [0.5, 0.6) is 0 Å². The van der Waals surface area contributed by atoms with Crippen molar-refractivity contribution in [2.75, 3.05) is 5.73 Å². The predicted molar refractivity (Wildman–Crippen MR) is 67.2 cm³/mol. The zero-order valence-electron chi connectivity index (χ0n) is 9.29. The van der Waals surface area contributed by atoms with Crippen LogP contribution >= 0.6 is 11.3 Å². The number of nitrogens with two attached hydrogens (primary N) is 1. The van der Waals surface area contributed by atoms with Crippen molar-refractivity contribution in [2.24, 2.45) is 0 Å². The Morgan fingerprint density at radius 2 is 1.78 bits per heavy atom. The summed E-state index contributed by atoms with van der Waals surface area (Å²) in [6.45, 7) is 0.167. The lowest BCUT2D eigenvalue weighted by atomic mass is 10.1. The minimum Gasteiger partial charge on any atom is -0.375 e. The molecule has 0 bridgehead atoms. The molecule has 0 radical (unpaired) electrons. The van der Waals surface area contributed by atoms with Crippen molar-refractivity contribution in [3.05, 3.63) is 46.5 Å². The van der Waals surface area contributed by atoms with Gasteiger partial charge in [-0.1, -0.05) is 12.1 Å². The van der Waals surface area contributed by atoms with Crippen molar-refractivity contribution in [1.82, 2.24) is 9.88 Å². The number of imide groups is 1. The van der Waals surface area contributed by atoms with Crippen molar-refractivity contribution in [3.8, 4) is 0 Å². The van der Waals surface area contributed by atoms with Crippen LogP contribution < -0.4 is 5.73 Å². The van der Waals surface area contributed by atoms with E-state index in [1.807, 2.05) is 0 Å². The number of fused-ring (bicyclic) bond motifs is 1. The Labute approximate surface area is 107 Å². The van der Waals surface area contributed by atoms with Gasteiger partial charge in [0.15, 0.2) is 5.13 Å². The third-order valence-corrected chi connectivity index (χ3v) is 3.49. The lowest BCUT2D eigenvalue weighted by molar-refractivity contribution is 0.0640. The molecule has 2 aromatic rings. The molecule has 6 heteroatoms. The Morgan fingerprint density at radius 3 is 2.28 bits per heavy atom. The van der Waals surface area contributed by atoms with Gasteiger partial charge in [0.05, 0.1) is 23.4 Å². The van der Waals surface area contributed by atoms with E-state index in [0.717, 1.165) is 0 Å². The second-order valence-corrected chi connectivity index (χ2v) is 4.81. The molecule has 90 valence electrons. The number of hydrogen-bond acceptors (Lipinski definition) is 5.